The fraction of sp³-hybridized carbons (Fsp3) is 0.576. The second kappa shape index (κ2) is 14.1. The van der Waals surface area contributed by atoms with Crippen molar-refractivity contribution >= 4 is 0 Å². The zero-order valence-electron chi connectivity index (χ0n) is 22.7. The quantitative estimate of drug-likeness (QED) is 0.280. The molecule has 0 N–H and O–H groups in total. The van der Waals surface area contributed by atoms with Crippen LogP contribution < -0.4 is 4.74 Å². The summed E-state index contributed by atoms with van der Waals surface area (Å²) >= 11 is 0. The molecule has 0 bridgehead atoms. The summed E-state index contributed by atoms with van der Waals surface area (Å²) < 4.78 is 40.6. The molecule has 1 aliphatic carbocycles. The molecule has 2 aliphatic rings. The summed E-state index contributed by atoms with van der Waals surface area (Å²) in [7, 11) is 0. The first kappa shape index (κ1) is 27.8. The van der Waals surface area contributed by atoms with E-state index in [2.05, 4.69) is 19.1 Å². The molecule has 4 rings (SSSR count). The topological polar surface area (TPSA) is 18.5 Å². The van der Waals surface area contributed by atoms with Gasteiger partial charge in [0.15, 0.2) is 11.6 Å². The minimum atomic E-state index is -0.925. The Morgan fingerprint density at radius 1 is 0.838 bits per heavy atom. The van der Waals surface area contributed by atoms with E-state index < -0.39 is 11.6 Å². The highest BCUT2D eigenvalue weighted by Gasteiger charge is 2.23. The summed E-state index contributed by atoms with van der Waals surface area (Å²) in [5.74, 6) is 0.558. The molecular weight excluding hydrogens is 466 g/mol. The lowest BCUT2D eigenvalue weighted by Crippen LogP contribution is -2.20. The molecule has 4 heteroatoms. The van der Waals surface area contributed by atoms with E-state index >= 15 is 0 Å². The molecule has 0 aromatic heterocycles. The van der Waals surface area contributed by atoms with E-state index in [1.54, 1.807) is 6.07 Å². The van der Waals surface area contributed by atoms with E-state index in [0.29, 0.717) is 18.1 Å². The van der Waals surface area contributed by atoms with Crippen LogP contribution in [0.5, 0.6) is 5.75 Å². The maximum absolute atomic E-state index is 14.7. The normalized spacial score (nSPS) is 24.4. The Bertz CT molecular complexity index is 984. The van der Waals surface area contributed by atoms with E-state index in [9.17, 15) is 8.78 Å². The van der Waals surface area contributed by atoms with Gasteiger partial charge in [0.2, 0.25) is 5.82 Å². The highest BCUT2D eigenvalue weighted by molar-refractivity contribution is 5.65. The third-order valence-corrected chi connectivity index (χ3v) is 8.21. The molecule has 1 aliphatic heterocycles. The van der Waals surface area contributed by atoms with Gasteiger partial charge in [-0.1, -0.05) is 63.1 Å². The summed E-state index contributed by atoms with van der Waals surface area (Å²) in [6.07, 6.45) is 18.5. The summed E-state index contributed by atoms with van der Waals surface area (Å²) in [6, 6.07) is 10.8. The molecule has 202 valence electrons. The summed E-state index contributed by atoms with van der Waals surface area (Å²) in [4.78, 5) is 0. The average molecular weight is 511 g/mol. The lowest BCUT2D eigenvalue weighted by molar-refractivity contribution is -0.0190. The van der Waals surface area contributed by atoms with E-state index in [1.807, 2.05) is 31.2 Å². The maximum atomic E-state index is 14.7. The standard InChI is InChI=1S/C33H44F2O2/c1-3-7-24-10-12-25(13-11-24)8-5-6-9-26-14-20-30(37-23-26)28-17-15-27(16-18-28)29-19-21-31(36-22-4-2)33(35)32(29)34/h5,8,15-19,21,24-26,30H,3-4,6-7,9-14,20,22-23H2,1-2H3/b8-5+. The second-order valence-electron chi connectivity index (χ2n) is 11.1. The molecular formula is C33H44F2O2. The first-order chi connectivity index (χ1) is 18.1. The summed E-state index contributed by atoms with van der Waals surface area (Å²) in [5.41, 5.74) is 2.01. The van der Waals surface area contributed by atoms with Crippen LogP contribution >= 0.6 is 0 Å². The van der Waals surface area contributed by atoms with E-state index in [4.69, 9.17) is 9.47 Å². The van der Waals surface area contributed by atoms with Crippen LogP contribution in [0.25, 0.3) is 11.1 Å². The highest BCUT2D eigenvalue weighted by atomic mass is 19.2. The number of hydrogen-bond acceptors (Lipinski definition) is 2. The maximum Gasteiger partial charge on any atom is 0.201 e. The lowest BCUT2D eigenvalue weighted by Gasteiger charge is -2.29. The molecule has 2 unspecified atom stereocenters. The van der Waals surface area contributed by atoms with Crippen molar-refractivity contribution in [1.82, 2.24) is 0 Å². The van der Waals surface area contributed by atoms with Crippen molar-refractivity contribution in [1.29, 1.82) is 0 Å². The first-order valence-electron chi connectivity index (χ1n) is 14.6. The molecule has 2 nitrogen and oxygen atoms in total. The van der Waals surface area contributed by atoms with Gasteiger partial charge in [0.25, 0.3) is 0 Å². The Labute approximate surface area is 222 Å². The molecule has 0 spiro atoms. The van der Waals surface area contributed by atoms with Gasteiger partial charge in [0.05, 0.1) is 19.3 Å². The Morgan fingerprint density at radius 3 is 2.27 bits per heavy atom. The minimum absolute atomic E-state index is 0.0325. The van der Waals surface area contributed by atoms with E-state index in [-0.39, 0.29) is 17.4 Å². The van der Waals surface area contributed by atoms with Crippen molar-refractivity contribution in [2.24, 2.45) is 17.8 Å². The molecule has 0 amide bonds. The number of benzene rings is 2. The lowest BCUT2D eigenvalue weighted by atomic mass is 9.80. The average Bonchev–Trinajstić information content (AvgIpc) is 2.93. The molecule has 1 saturated carbocycles. The number of allylic oxidation sites excluding steroid dienone is 2. The predicted octanol–water partition coefficient (Wildman–Crippen LogP) is 9.83. The van der Waals surface area contributed by atoms with Crippen molar-refractivity contribution in [3.05, 3.63) is 65.7 Å². The fourth-order valence-electron chi connectivity index (χ4n) is 5.95. The van der Waals surface area contributed by atoms with Gasteiger partial charge in [0, 0.05) is 5.56 Å². The smallest absolute Gasteiger partial charge is 0.201 e. The molecule has 2 aromatic carbocycles. The van der Waals surface area contributed by atoms with Gasteiger partial charge in [-0.05, 0) is 98.8 Å². The van der Waals surface area contributed by atoms with Crippen molar-refractivity contribution in [2.45, 2.75) is 90.6 Å². The van der Waals surface area contributed by atoms with Gasteiger partial charge in [-0.15, -0.1) is 0 Å². The van der Waals surface area contributed by atoms with Gasteiger partial charge < -0.3 is 9.47 Å². The number of rotatable bonds is 11. The van der Waals surface area contributed by atoms with Crippen LogP contribution in [0.3, 0.4) is 0 Å². The van der Waals surface area contributed by atoms with Crippen LogP contribution in [0.1, 0.15) is 96.1 Å². The van der Waals surface area contributed by atoms with E-state index in [0.717, 1.165) is 43.3 Å². The fourth-order valence-corrected chi connectivity index (χ4v) is 5.95. The second-order valence-corrected chi connectivity index (χ2v) is 11.1. The van der Waals surface area contributed by atoms with Crippen LogP contribution in [-0.4, -0.2) is 13.2 Å². The van der Waals surface area contributed by atoms with Crippen LogP contribution in [0, 0.1) is 29.4 Å². The highest BCUT2D eigenvalue weighted by Crippen LogP contribution is 2.36. The molecule has 2 atom stereocenters. The minimum Gasteiger partial charge on any atom is -0.490 e. The van der Waals surface area contributed by atoms with Gasteiger partial charge in [-0.2, -0.15) is 4.39 Å². The van der Waals surface area contributed by atoms with Gasteiger partial charge in [0.1, 0.15) is 0 Å². The van der Waals surface area contributed by atoms with Crippen molar-refractivity contribution in [2.75, 3.05) is 13.2 Å². The van der Waals surface area contributed by atoms with Crippen LogP contribution in [0.15, 0.2) is 48.6 Å². The third-order valence-electron chi connectivity index (χ3n) is 8.21. The van der Waals surface area contributed by atoms with Crippen molar-refractivity contribution in [3.8, 4) is 16.9 Å². The zero-order valence-corrected chi connectivity index (χ0v) is 22.7. The molecule has 1 saturated heterocycles. The number of halogens is 2. The predicted molar refractivity (Wildman–Crippen MR) is 148 cm³/mol. The van der Waals surface area contributed by atoms with Gasteiger partial charge >= 0.3 is 0 Å². The molecule has 2 fully saturated rings. The monoisotopic (exact) mass is 510 g/mol. The molecule has 0 radical (unpaired) electrons. The number of hydrogen-bond donors (Lipinski definition) is 0. The Kier molecular flexibility index (Phi) is 10.6. The third kappa shape index (κ3) is 7.66. The Balaban J connectivity index is 1.21. The Hall–Kier alpha value is -2.20. The summed E-state index contributed by atoms with van der Waals surface area (Å²) in [5, 5.41) is 0. The van der Waals surface area contributed by atoms with Crippen LogP contribution in [0.4, 0.5) is 8.78 Å². The van der Waals surface area contributed by atoms with Gasteiger partial charge in [-0.3, -0.25) is 0 Å². The SMILES string of the molecule is CCCOc1ccc(-c2ccc(C3CCC(CC/C=C/C4CCC(CCC)CC4)CO3)cc2)c(F)c1F. The van der Waals surface area contributed by atoms with Crippen molar-refractivity contribution < 1.29 is 18.3 Å². The largest absolute Gasteiger partial charge is 0.490 e. The number of ether oxygens (including phenoxy) is 2. The molecule has 1 heterocycles. The van der Waals surface area contributed by atoms with Crippen LogP contribution in [-0.2, 0) is 4.74 Å². The Morgan fingerprint density at radius 2 is 1.59 bits per heavy atom. The first-order valence-corrected chi connectivity index (χ1v) is 14.6. The summed E-state index contributed by atoms with van der Waals surface area (Å²) in [6.45, 7) is 5.39. The van der Waals surface area contributed by atoms with Crippen molar-refractivity contribution in [3.63, 3.8) is 0 Å². The van der Waals surface area contributed by atoms with E-state index in [1.165, 1.54) is 57.4 Å². The molecule has 37 heavy (non-hydrogen) atoms. The zero-order chi connectivity index (χ0) is 26.0. The molecule has 2 aromatic rings. The van der Waals surface area contributed by atoms with Crippen LogP contribution in [0.2, 0.25) is 0 Å². The van der Waals surface area contributed by atoms with Gasteiger partial charge in [-0.25, -0.2) is 4.39 Å².